The predicted molar refractivity (Wildman–Crippen MR) is 79.1 cm³/mol. The van der Waals surface area contributed by atoms with Crippen molar-refractivity contribution in [2.45, 2.75) is 77.5 Å². The molecule has 2 bridgehead atoms. The third-order valence-electron chi connectivity index (χ3n) is 5.78. The van der Waals surface area contributed by atoms with E-state index in [2.05, 4.69) is 26.1 Å². The Labute approximate surface area is 118 Å². The zero-order chi connectivity index (χ0) is 13.4. The van der Waals surface area contributed by atoms with Crippen molar-refractivity contribution < 1.29 is 4.74 Å². The first-order valence-corrected chi connectivity index (χ1v) is 8.56. The first-order valence-electron chi connectivity index (χ1n) is 8.56. The summed E-state index contributed by atoms with van der Waals surface area (Å²) in [7, 11) is 0. The van der Waals surface area contributed by atoms with E-state index in [1.807, 2.05) is 0 Å². The molecule has 2 nitrogen and oxygen atoms in total. The lowest BCUT2D eigenvalue weighted by Crippen LogP contribution is -2.47. The van der Waals surface area contributed by atoms with Gasteiger partial charge in [-0.3, -0.25) is 0 Å². The third kappa shape index (κ3) is 2.85. The largest absolute Gasteiger partial charge is 0.375 e. The Morgan fingerprint density at radius 1 is 1.05 bits per heavy atom. The maximum Gasteiger partial charge on any atom is 0.0623 e. The smallest absolute Gasteiger partial charge is 0.0623 e. The maximum absolute atomic E-state index is 6.12. The number of rotatable bonds is 4. The molecule has 1 N–H and O–H groups in total. The van der Waals surface area contributed by atoms with Gasteiger partial charge in [0.05, 0.1) is 12.2 Å². The van der Waals surface area contributed by atoms with Crippen molar-refractivity contribution in [2.75, 3.05) is 6.54 Å². The van der Waals surface area contributed by atoms with Crippen LogP contribution in [0.25, 0.3) is 0 Å². The highest BCUT2D eigenvalue weighted by atomic mass is 16.5. The lowest BCUT2D eigenvalue weighted by Gasteiger charge is -2.41. The van der Waals surface area contributed by atoms with Crippen molar-refractivity contribution in [3.63, 3.8) is 0 Å². The average molecular weight is 265 g/mol. The Balaban J connectivity index is 1.69. The highest BCUT2D eigenvalue weighted by molar-refractivity contribution is 4.98. The van der Waals surface area contributed by atoms with E-state index in [0.717, 1.165) is 30.2 Å². The van der Waals surface area contributed by atoms with Crippen molar-refractivity contribution in [1.82, 2.24) is 5.32 Å². The first-order chi connectivity index (χ1) is 9.17. The summed E-state index contributed by atoms with van der Waals surface area (Å²) < 4.78 is 6.12. The molecule has 0 radical (unpaired) electrons. The molecule has 2 heterocycles. The molecule has 1 aliphatic carbocycles. The zero-order valence-corrected chi connectivity index (χ0v) is 12.9. The van der Waals surface area contributed by atoms with Crippen molar-refractivity contribution in [3.8, 4) is 0 Å². The molecule has 3 aliphatic rings. The molecule has 3 fully saturated rings. The summed E-state index contributed by atoms with van der Waals surface area (Å²) in [6.45, 7) is 8.26. The number of hydrogen-bond acceptors (Lipinski definition) is 2. The number of nitrogens with one attached hydrogen (secondary N) is 1. The standard InChI is InChI=1S/C17H31NO/c1-4-18-17(13-8-11(2)7-12(3)9-13)15-10-14-5-6-16(15)19-14/h11-18H,4-10H2,1-3H3. The summed E-state index contributed by atoms with van der Waals surface area (Å²) in [5.41, 5.74) is 0. The van der Waals surface area contributed by atoms with E-state index in [-0.39, 0.29) is 0 Å². The van der Waals surface area contributed by atoms with Crippen LogP contribution >= 0.6 is 0 Å². The van der Waals surface area contributed by atoms with Crippen molar-refractivity contribution in [2.24, 2.45) is 23.7 Å². The van der Waals surface area contributed by atoms with Gasteiger partial charge in [-0.1, -0.05) is 20.8 Å². The van der Waals surface area contributed by atoms with Crippen LogP contribution in [-0.4, -0.2) is 24.8 Å². The van der Waals surface area contributed by atoms with Gasteiger partial charge >= 0.3 is 0 Å². The molecule has 0 aromatic carbocycles. The molecule has 1 saturated carbocycles. The van der Waals surface area contributed by atoms with Crippen LogP contribution < -0.4 is 5.32 Å². The van der Waals surface area contributed by atoms with E-state index >= 15 is 0 Å². The van der Waals surface area contributed by atoms with E-state index in [9.17, 15) is 0 Å². The van der Waals surface area contributed by atoms with Crippen LogP contribution in [-0.2, 0) is 4.74 Å². The number of ether oxygens (including phenoxy) is 1. The Bertz CT molecular complexity index is 296. The maximum atomic E-state index is 6.12. The van der Waals surface area contributed by atoms with Gasteiger partial charge in [-0.25, -0.2) is 0 Å². The molecule has 19 heavy (non-hydrogen) atoms. The van der Waals surface area contributed by atoms with E-state index in [1.165, 1.54) is 38.5 Å². The summed E-state index contributed by atoms with van der Waals surface area (Å²) in [5, 5.41) is 3.84. The SMILES string of the molecule is CCNC(C1CC(C)CC(C)C1)C1CC2CCC1O2. The molecule has 3 rings (SSSR count). The highest BCUT2D eigenvalue weighted by Gasteiger charge is 2.46. The van der Waals surface area contributed by atoms with Crippen LogP contribution in [0.2, 0.25) is 0 Å². The summed E-state index contributed by atoms with van der Waals surface area (Å²) >= 11 is 0. The highest BCUT2D eigenvalue weighted by Crippen LogP contribution is 2.45. The molecule has 2 saturated heterocycles. The fraction of sp³-hybridized carbons (Fsp3) is 1.00. The Morgan fingerprint density at radius 3 is 2.32 bits per heavy atom. The second-order valence-corrected chi connectivity index (χ2v) is 7.53. The molecule has 6 unspecified atom stereocenters. The fourth-order valence-corrected chi connectivity index (χ4v) is 5.26. The third-order valence-corrected chi connectivity index (χ3v) is 5.78. The normalized spacial score (nSPS) is 47.5. The van der Waals surface area contributed by atoms with Gasteiger partial charge in [0.15, 0.2) is 0 Å². The first kappa shape index (κ1) is 13.9. The lowest BCUT2D eigenvalue weighted by atomic mass is 9.68. The minimum Gasteiger partial charge on any atom is -0.375 e. The van der Waals surface area contributed by atoms with E-state index in [1.54, 1.807) is 0 Å². The van der Waals surface area contributed by atoms with E-state index in [0.29, 0.717) is 18.2 Å². The zero-order valence-electron chi connectivity index (χ0n) is 12.9. The molecule has 0 spiro atoms. The van der Waals surface area contributed by atoms with Gasteiger partial charge < -0.3 is 10.1 Å². The summed E-state index contributed by atoms with van der Waals surface area (Å²) in [4.78, 5) is 0. The van der Waals surface area contributed by atoms with Crippen LogP contribution in [0.5, 0.6) is 0 Å². The van der Waals surface area contributed by atoms with Crippen LogP contribution in [0.4, 0.5) is 0 Å². The molecular formula is C17H31NO. The summed E-state index contributed by atoms with van der Waals surface area (Å²) in [6, 6.07) is 0.713. The molecule has 0 amide bonds. The molecule has 0 aromatic heterocycles. The van der Waals surface area contributed by atoms with Gasteiger partial charge in [0.2, 0.25) is 0 Å². The predicted octanol–water partition coefficient (Wildman–Crippen LogP) is 3.60. The van der Waals surface area contributed by atoms with Crippen molar-refractivity contribution in [3.05, 3.63) is 0 Å². The minimum absolute atomic E-state index is 0.571. The van der Waals surface area contributed by atoms with Crippen molar-refractivity contribution in [1.29, 1.82) is 0 Å². The van der Waals surface area contributed by atoms with Gasteiger partial charge in [0.1, 0.15) is 0 Å². The van der Waals surface area contributed by atoms with Gasteiger partial charge in [0, 0.05) is 12.0 Å². The molecule has 6 atom stereocenters. The molecule has 2 heteroatoms. The number of fused-ring (bicyclic) bond motifs is 2. The molecule has 0 aromatic rings. The fourth-order valence-electron chi connectivity index (χ4n) is 5.26. The minimum atomic E-state index is 0.571. The van der Waals surface area contributed by atoms with E-state index < -0.39 is 0 Å². The average Bonchev–Trinajstić information content (AvgIpc) is 2.96. The quantitative estimate of drug-likeness (QED) is 0.838. The van der Waals surface area contributed by atoms with Gasteiger partial charge in [-0.15, -0.1) is 0 Å². The van der Waals surface area contributed by atoms with Crippen molar-refractivity contribution >= 4 is 0 Å². The second kappa shape index (κ2) is 5.73. The van der Waals surface area contributed by atoms with Crippen LogP contribution in [0.1, 0.15) is 59.3 Å². The van der Waals surface area contributed by atoms with E-state index in [4.69, 9.17) is 4.74 Å². The second-order valence-electron chi connectivity index (χ2n) is 7.53. The Morgan fingerprint density at radius 2 is 1.79 bits per heavy atom. The molecular weight excluding hydrogens is 234 g/mol. The Kier molecular flexibility index (Phi) is 4.19. The van der Waals surface area contributed by atoms with Gasteiger partial charge in [0.25, 0.3) is 0 Å². The monoisotopic (exact) mass is 265 g/mol. The Hall–Kier alpha value is -0.0800. The summed E-state index contributed by atoms with van der Waals surface area (Å²) in [6.07, 6.45) is 9.40. The topological polar surface area (TPSA) is 21.3 Å². The summed E-state index contributed by atoms with van der Waals surface area (Å²) in [5.74, 6) is 3.50. The lowest BCUT2D eigenvalue weighted by molar-refractivity contribution is 0.0685. The van der Waals surface area contributed by atoms with Crippen LogP contribution in [0.3, 0.4) is 0 Å². The van der Waals surface area contributed by atoms with Gasteiger partial charge in [-0.05, 0) is 62.8 Å². The van der Waals surface area contributed by atoms with Crippen LogP contribution in [0.15, 0.2) is 0 Å². The van der Waals surface area contributed by atoms with Crippen LogP contribution in [0, 0.1) is 23.7 Å². The molecule has 110 valence electrons. The number of hydrogen-bond donors (Lipinski definition) is 1. The molecule has 2 aliphatic heterocycles. The van der Waals surface area contributed by atoms with Gasteiger partial charge in [-0.2, -0.15) is 0 Å².